The van der Waals surface area contributed by atoms with Gasteiger partial charge in [-0.2, -0.15) is 4.68 Å². The van der Waals surface area contributed by atoms with Crippen LogP contribution in [0.3, 0.4) is 0 Å². The van der Waals surface area contributed by atoms with Crippen LogP contribution < -0.4 is 0 Å². The first-order valence-corrected chi connectivity index (χ1v) is 3.47. The van der Waals surface area contributed by atoms with Crippen molar-refractivity contribution in [1.82, 2.24) is 15.0 Å². The van der Waals surface area contributed by atoms with E-state index in [4.69, 9.17) is 0 Å². The van der Waals surface area contributed by atoms with Gasteiger partial charge in [0, 0.05) is 0 Å². The zero-order chi connectivity index (χ0) is 9.47. The van der Waals surface area contributed by atoms with E-state index in [1.54, 1.807) is 6.07 Å². The van der Waals surface area contributed by atoms with Crippen LogP contribution in [0.5, 0.6) is 0 Å². The van der Waals surface area contributed by atoms with Crippen molar-refractivity contribution in [3.8, 4) is 0 Å². The summed E-state index contributed by atoms with van der Waals surface area (Å²) < 4.78 is 36.6. The molecule has 1 aromatic carbocycles. The average molecular weight is 227 g/mol. The molecule has 2 rings (SSSR count). The number of fused-ring (bicyclic) bond motifs is 1. The first kappa shape index (κ1) is 12.1. The van der Waals surface area contributed by atoms with Crippen LogP contribution in [0.2, 0.25) is 0 Å². The molecule has 0 atom stereocenters. The van der Waals surface area contributed by atoms with Crippen LogP contribution in [0.15, 0.2) is 24.3 Å². The second kappa shape index (κ2) is 4.27. The minimum absolute atomic E-state index is 0. The van der Waals surface area contributed by atoms with Crippen LogP contribution in [-0.4, -0.2) is 66.4 Å². The van der Waals surface area contributed by atoms with Gasteiger partial charge in [0.2, 0.25) is 0 Å². The molecule has 0 bridgehead atoms. The number of nitrogens with zero attached hydrogens (tertiary/aromatic N) is 3. The average Bonchev–Trinajstić information content (AvgIpc) is 2.45. The minimum atomic E-state index is -4.50. The van der Waals surface area contributed by atoms with Gasteiger partial charge in [-0.15, -0.1) is 18.3 Å². The molecule has 2 aromatic rings. The zero-order valence-electron chi connectivity index (χ0n) is 6.28. The molecule has 0 radical (unpaired) electrons. The monoisotopic (exact) mass is 227 g/mol. The molecule has 0 N–H and O–H groups in total. The van der Waals surface area contributed by atoms with Gasteiger partial charge in [-0.3, -0.25) is 0 Å². The number of hydrogen-bond acceptors (Lipinski definition) is 2. The second-order valence-corrected chi connectivity index (χ2v) is 2.46. The molecule has 0 spiro atoms. The molecule has 3 nitrogen and oxygen atoms in total. The fourth-order valence-corrected chi connectivity index (χ4v) is 1.06. The predicted octanol–water partition coefficient (Wildman–Crippen LogP) is 1.26. The van der Waals surface area contributed by atoms with Crippen LogP contribution in [0, 0.1) is 0 Å². The van der Waals surface area contributed by atoms with Crippen molar-refractivity contribution < 1.29 is 13.2 Å². The van der Waals surface area contributed by atoms with Crippen molar-refractivity contribution >= 4 is 62.4 Å². The van der Waals surface area contributed by atoms with E-state index in [2.05, 4.69) is 10.3 Å². The molecule has 0 saturated heterocycles. The number of aromatic nitrogens is 3. The number of para-hydroxylation sites is 1. The van der Waals surface area contributed by atoms with Gasteiger partial charge >= 0.3 is 57.7 Å². The summed E-state index contributed by atoms with van der Waals surface area (Å²) in [6.07, 6.45) is -4.50. The van der Waals surface area contributed by atoms with E-state index in [1.807, 2.05) is 0 Å². The van der Waals surface area contributed by atoms with Gasteiger partial charge in [-0.25, -0.2) is 0 Å². The van der Waals surface area contributed by atoms with Gasteiger partial charge in [0.25, 0.3) is 0 Å². The summed E-state index contributed by atoms with van der Waals surface area (Å²) in [4.78, 5) is 0. The summed E-state index contributed by atoms with van der Waals surface area (Å²) in [5.41, 5.74) is 0.204. The number of hydrogen-bond donors (Lipinski definition) is 0. The number of halogens is 3. The third-order valence-corrected chi connectivity index (χ3v) is 1.59. The van der Waals surface area contributed by atoms with E-state index in [1.165, 1.54) is 18.2 Å². The molecule has 1 heterocycles. The van der Waals surface area contributed by atoms with Gasteiger partial charge in [0.15, 0.2) is 0 Å². The second-order valence-electron chi connectivity index (χ2n) is 2.46. The first-order valence-electron chi connectivity index (χ1n) is 3.47. The maximum atomic E-state index is 12.2. The Hall–Kier alpha value is 0.0464. The van der Waals surface area contributed by atoms with Crippen molar-refractivity contribution in [1.29, 1.82) is 0 Å². The Labute approximate surface area is 120 Å². The molecule has 0 aliphatic heterocycles. The predicted molar refractivity (Wildman–Crippen MR) is 46.0 cm³/mol. The van der Waals surface area contributed by atoms with Crippen LogP contribution in [-0.2, 0) is 6.30 Å². The summed E-state index contributed by atoms with van der Waals surface area (Å²) in [6, 6.07) is 5.92. The van der Waals surface area contributed by atoms with E-state index in [0.29, 0.717) is 0 Å². The first-order chi connectivity index (χ1) is 6.09. The van der Waals surface area contributed by atoms with Crippen molar-refractivity contribution in [3.05, 3.63) is 24.3 Å². The third kappa shape index (κ3) is 2.17. The molecule has 70 valence electrons. The Morgan fingerprint density at radius 1 is 1.14 bits per heavy atom. The topological polar surface area (TPSA) is 30.7 Å². The molecular formula is C7H5F3KN3. The summed E-state index contributed by atoms with van der Waals surface area (Å²) in [7, 11) is 0. The Morgan fingerprint density at radius 3 is 2.43 bits per heavy atom. The summed E-state index contributed by atoms with van der Waals surface area (Å²) in [6.45, 7) is 0. The Morgan fingerprint density at radius 2 is 1.79 bits per heavy atom. The molecule has 0 aliphatic rings. The molecule has 14 heavy (non-hydrogen) atoms. The van der Waals surface area contributed by atoms with Crippen LogP contribution >= 0.6 is 0 Å². The van der Waals surface area contributed by atoms with E-state index < -0.39 is 6.30 Å². The standard InChI is InChI=1S/C7H4F3N3.K.H/c8-7(9,10)13-6-4-2-1-3-5(6)11-12-13;;/h1-4H;;. The van der Waals surface area contributed by atoms with Gasteiger partial charge in [0.1, 0.15) is 5.52 Å². The van der Waals surface area contributed by atoms with Gasteiger partial charge in [-0.1, -0.05) is 17.3 Å². The van der Waals surface area contributed by atoms with Gasteiger partial charge < -0.3 is 0 Å². The van der Waals surface area contributed by atoms with Crippen LogP contribution in [0.4, 0.5) is 13.2 Å². The van der Waals surface area contributed by atoms with E-state index >= 15 is 0 Å². The summed E-state index contributed by atoms with van der Waals surface area (Å²) in [5, 5.41) is 6.39. The third-order valence-electron chi connectivity index (χ3n) is 1.59. The Balaban J connectivity index is 0.000000980. The summed E-state index contributed by atoms with van der Waals surface area (Å²) in [5.74, 6) is 0. The van der Waals surface area contributed by atoms with E-state index in [0.717, 1.165) is 0 Å². The maximum absolute atomic E-state index is 12.2. The molecule has 7 heteroatoms. The van der Waals surface area contributed by atoms with E-state index in [-0.39, 0.29) is 67.1 Å². The fourth-order valence-electron chi connectivity index (χ4n) is 1.06. The summed E-state index contributed by atoms with van der Waals surface area (Å²) >= 11 is 0. The molecule has 1 aromatic heterocycles. The normalized spacial score (nSPS) is 11.4. The van der Waals surface area contributed by atoms with Crippen molar-refractivity contribution in [3.63, 3.8) is 0 Å². The molecular weight excluding hydrogens is 222 g/mol. The van der Waals surface area contributed by atoms with Crippen molar-refractivity contribution in [2.24, 2.45) is 0 Å². The number of benzene rings is 1. The van der Waals surface area contributed by atoms with Crippen molar-refractivity contribution in [2.75, 3.05) is 0 Å². The molecule has 0 fully saturated rings. The number of alkyl halides is 3. The fraction of sp³-hybridized carbons (Fsp3) is 0.143. The SMILES string of the molecule is FC(F)(F)n1nnc2ccccc21.[KH]. The van der Waals surface area contributed by atoms with Gasteiger partial charge in [-0.05, 0) is 12.1 Å². The van der Waals surface area contributed by atoms with E-state index in [9.17, 15) is 13.2 Å². The number of rotatable bonds is 0. The molecule has 0 saturated carbocycles. The molecule has 0 unspecified atom stereocenters. The molecule has 0 amide bonds. The Kier molecular flexibility index (Phi) is 3.70. The Bertz CT molecular complexity index is 437. The van der Waals surface area contributed by atoms with Gasteiger partial charge in [0.05, 0.1) is 5.52 Å². The van der Waals surface area contributed by atoms with Crippen molar-refractivity contribution in [2.45, 2.75) is 6.30 Å². The zero-order valence-corrected chi connectivity index (χ0v) is 6.28. The van der Waals surface area contributed by atoms with Crippen LogP contribution in [0.25, 0.3) is 11.0 Å². The van der Waals surface area contributed by atoms with Crippen LogP contribution in [0.1, 0.15) is 0 Å². The quantitative estimate of drug-likeness (QED) is 0.634. The molecule has 0 aliphatic carbocycles.